The van der Waals surface area contributed by atoms with Crippen molar-refractivity contribution in [2.75, 3.05) is 27.2 Å². The van der Waals surface area contributed by atoms with E-state index in [2.05, 4.69) is 17.3 Å². The third kappa shape index (κ3) is 5.00. The minimum Gasteiger partial charge on any atom is -0.481 e. The maximum atomic E-state index is 12.2. The summed E-state index contributed by atoms with van der Waals surface area (Å²) in [5, 5.41) is 11.7. The maximum Gasteiger partial charge on any atom is 0.317 e. The number of amides is 2. The van der Waals surface area contributed by atoms with E-state index < -0.39 is 5.97 Å². The number of carbonyl (C=O) groups is 2. The number of carbonyl (C=O) groups excluding carboxylic acids is 1. The van der Waals surface area contributed by atoms with Crippen molar-refractivity contribution in [2.24, 2.45) is 5.92 Å². The van der Waals surface area contributed by atoms with E-state index in [4.69, 9.17) is 5.11 Å². The van der Waals surface area contributed by atoms with E-state index >= 15 is 0 Å². The molecule has 116 valence electrons. The molecule has 0 bridgehead atoms. The van der Waals surface area contributed by atoms with Gasteiger partial charge < -0.3 is 20.2 Å². The Morgan fingerprint density at radius 3 is 2.60 bits per heavy atom. The van der Waals surface area contributed by atoms with Gasteiger partial charge in [0.15, 0.2) is 0 Å². The number of likely N-dealkylation sites (N-methyl/N-ethyl adjacent to an activating group) is 2. The number of hydrogen-bond acceptors (Lipinski definition) is 3. The second kappa shape index (κ2) is 7.47. The molecular weight excluding hydrogens is 258 g/mol. The van der Waals surface area contributed by atoms with Crippen LogP contribution in [0.4, 0.5) is 4.79 Å². The number of carboxylic acids is 1. The number of piperidine rings is 1. The zero-order chi connectivity index (χ0) is 15.3. The van der Waals surface area contributed by atoms with Gasteiger partial charge >= 0.3 is 12.0 Å². The van der Waals surface area contributed by atoms with Gasteiger partial charge in [0, 0.05) is 25.7 Å². The molecule has 0 aliphatic carbocycles. The second-order valence-electron chi connectivity index (χ2n) is 6.07. The second-order valence-corrected chi connectivity index (χ2v) is 6.07. The molecule has 2 amide bonds. The molecule has 20 heavy (non-hydrogen) atoms. The highest BCUT2D eigenvalue weighted by Crippen LogP contribution is 2.14. The number of urea groups is 1. The first-order chi connectivity index (χ1) is 9.31. The van der Waals surface area contributed by atoms with Gasteiger partial charge in [-0.05, 0) is 32.4 Å². The van der Waals surface area contributed by atoms with Crippen LogP contribution in [0, 0.1) is 5.92 Å². The summed E-state index contributed by atoms with van der Waals surface area (Å²) in [5.41, 5.74) is 0. The molecule has 0 aromatic rings. The van der Waals surface area contributed by atoms with Crippen molar-refractivity contribution in [3.8, 4) is 0 Å². The highest BCUT2D eigenvalue weighted by atomic mass is 16.4. The van der Waals surface area contributed by atoms with Crippen molar-refractivity contribution < 1.29 is 14.7 Å². The van der Waals surface area contributed by atoms with E-state index in [0.29, 0.717) is 0 Å². The highest BCUT2D eigenvalue weighted by Gasteiger charge is 2.27. The van der Waals surface area contributed by atoms with Crippen molar-refractivity contribution in [3.63, 3.8) is 0 Å². The first-order valence-corrected chi connectivity index (χ1v) is 7.25. The molecular formula is C14H27N3O3. The Labute approximate surface area is 121 Å². The molecule has 2 unspecified atom stereocenters. The normalized spacial score (nSPS) is 21.6. The summed E-state index contributed by atoms with van der Waals surface area (Å²) in [7, 11) is 3.84. The molecule has 1 heterocycles. The van der Waals surface area contributed by atoms with E-state index in [1.165, 1.54) is 0 Å². The molecule has 2 atom stereocenters. The average molecular weight is 285 g/mol. The van der Waals surface area contributed by atoms with Crippen LogP contribution in [-0.4, -0.2) is 66.2 Å². The van der Waals surface area contributed by atoms with Gasteiger partial charge in [-0.25, -0.2) is 4.79 Å². The van der Waals surface area contributed by atoms with E-state index in [-0.39, 0.29) is 30.5 Å². The molecule has 0 aromatic heterocycles. The van der Waals surface area contributed by atoms with Crippen molar-refractivity contribution in [1.82, 2.24) is 15.1 Å². The zero-order valence-electron chi connectivity index (χ0n) is 12.9. The minimum atomic E-state index is -0.885. The average Bonchev–Trinajstić information content (AvgIpc) is 2.36. The molecule has 1 fully saturated rings. The highest BCUT2D eigenvalue weighted by molar-refractivity contribution is 5.76. The largest absolute Gasteiger partial charge is 0.481 e. The Balaban J connectivity index is 2.56. The lowest BCUT2D eigenvalue weighted by molar-refractivity contribution is -0.137. The lowest BCUT2D eigenvalue weighted by Crippen LogP contribution is -2.53. The number of rotatable bonds is 5. The van der Waals surface area contributed by atoms with Gasteiger partial charge in [-0.1, -0.05) is 13.8 Å². The van der Waals surface area contributed by atoms with Gasteiger partial charge in [-0.15, -0.1) is 0 Å². The van der Waals surface area contributed by atoms with E-state index in [1.54, 1.807) is 11.9 Å². The lowest BCUT2D eigenvalue weighted by Gasteiger charge is -2.36. The molecule has 0 radical (unpaired) electrons. The van der Waals surface area contributed by atoms with Crippen molar-refractivity contribution >= 4 is 12.0 Å². The number of likely N-dealkylation sites (tertiary alicyclic amines) is 1. The first kappa shape index (κ1) is 16.8. The van der Waals surface area contributed by atoms with Crippen molar-refractivity contribution in [2.45, 2.75) is 45.2 Å². The Hall–Kier alpha value is -1.30. The summed E-state index contributed by atoms with van der Waals surface area (Å²) in [4.78, 5) is 27.0. The van der Waals surface area contributed by atoms with Gasteiger partial charge in [0.1, 0.15) is 0 Å². The first-order valence-electron chi connectivity index (χ1n) is 7.25. The minimum absolute atomic E-state index is 0.0399. The van der Waals surface area contributed by atoms with Crippen LogP contribution in [0.3, 0.4) is 0 Å². The van der Waals surface area contributed by atoms with Gasteiger partial charge in [-0.2, -0.15) is 0 Å². The fourth-order valence-corrected chi connectivity index (χ4v) is 2.52. The maximum absolute atomic E-state index is 12.2. The molecule has 2 N–H and O–H groups in total. The predicted octanol–water partition coefficient (Wildman–Crippen LogP) is 1.22. The smallest absolute Gasteiger partial charge is 0.317 e. The fourth-order valence-electron chi connectivity index (χ4n) is 2.52. The molecule has 1 aliphatic rings. The summed E-state index contributed by atoms with van der Waals surface area (Å²) in [6.45, 7) is 5.78. The van der Waals surface area contributed by atoms with E-state index in [1.807, 2.05) is 13.8 Å². The standard InChI is InChI=1S/C14H27N3O3/c1-10(2)12(8-13(18)19)15-14(20)17(4)11-6-5-7-16(3)9-11/h10-12H,5-9H2,1-4H3,(H,15,20)(H,18,19). The monoisotopic (exact) mass is 285 g/mol. The molecule has 0 saturated carbocycles. The molecule has 6 heteroatoms. The van der Waals surface area contributed by atoms with Gasteiger partial charge in [-0.3, -0.25) is 4.79 Å². The molecule has 1 saturated heterocycles. The van der Waals surface area contributed by atoms with Crippen LogP contribution in [0.25, 0.3) is 0 Å². The van der Waals surface area contributed by atoms with E-state index in [0.717, 1.165) is 25.9 Å². The van der Waals surface area contributed by atoms with Crippen LogP contribution >= 0.6 is 0 Å². The lowest BCUT2D eigenvalue weighted by atomic mass is 10.0. The number of hydrogen-bond donors (Lipinski definition) is 2. The SMILES string of the molecule is CC(C)C(CC(=O)O)NC(=O)N(C)C1CCCN(C)C1. The van der Waals surface area contributed by atoms with Crippen molar-refractivity contribution in [3.05, 3.63) is 0 Å². The third-order valence-electron chi connectivity index (χ3n) is 3.98. The van der Waals surface area contributed by atoms with Gasteiger partial charge in [0.25, 0.3) is 0 Å². The van der Waals surface area contributed by atoms with Crippen LogP contribution in [0.5, 0.6) is 0 Å². The molecule has 1 aliphatic heterocycles. The van der Waals surface area contributed by atoms with Crippen LogP contribution < -0.4 is 5.32 Å². The summed E-state index contributed by atoms with van der Waals surface area (Å²) in [6, 6.07) is -0.305. The summed E-state index contributed by atoms with van der Waals surface area (Å²) >= 11 is 0. The van der Waals surface area contributed by atoms with Crippen LogP contribution in [0.2, 0.25) is 0 Å². The fraction of sp³-hybridized carbons (Fsp3) is 0.857. The predicted molar refractivity (Wildman–Crippen MR) is 77.7 cm³/mol. The van der Waals surface area contributed by atoms with Crippen LogP contribution in [0.15, 0.2) is 0 Å². The molecule has 6 nitrogen and oxygen atoms in total. The number of nitrogens with one attached hydrogen (secondary N) is 1. The van der Waals surface area contributed by atoms with Crippen LogP contribution in [-0.2, 0) is 4.79 Å². The molecule has 1 rings (SSSR count). The van der Waals surface area contributed by atoms with Gasteiger partial charge in [0.05, 0.1) is 6.42 Å². The third-order valence-corrected chi connectivity index (χ3v) is 3.98. The van der Waals surface area contributed by atoms with Crippen molar-refractivity contribution in [1.29, 1.82) is 0 Å². The van der Waals surface area contributed by atoms with Crippen LogP contribution in [0.1, 0.15) is 33.1 Å². The Morgan fingerprint density at radius 1 is 1.45 bits per heavy atom. The molecule has 0 aromatic carbocycles. The van der Waals surface area contributed by atoms with E-state index in [9.17, 15) is 9.59 Å². The zero-order valence-corrected chi connectivity index (χ0v) is 12.9. The number of aliphatic carboxylic acids is 1. The summed E-state index contributed by atoms with van der Waals surface area (Å²) in [6.07, 6.45) is 2.04. The summed E-state index contributed by atoms with van der Waals surface area (Å²) < 4.78 is 0. The molecule has 0 spiro atoms. The topological polar surface area (TPSA) is 72.9 Å². The number of nitrogens with zero attached hydrogens (tertiary/aromatic N) is 2. The Morgan fingerprint density at radius 2 is 2.10 bits per heavy atom. The summed E-state index contributed by atoms with van der Waals surface area (Å²) in [5.74, 6) is -0.790. The Bertz CT molecular complexity index is 347. The van der Waals surface area contributed by atoms with Gasteiger partial charge in [0.2, 0.25) is 0 Å². The Kier molecular flexibility index (Phi) is 6.26. The quantitative estimate of drug-likeness (QED) is 0.796. The number of carboxylic acid groups (broad SMARTS) is 1.